The zero-order valence-corrected chi connectivity index (χ0v) is 12.4. The van der Waals surface area contributed by atoms with E-state index in [0.29, 0.717) is 11.5 Å². The van der Waals surface area contributed by atoms with Crippen LogP contribution in [-0.4, -0.2) is 19.7 Å². The van der Waals surface area contributed by atoms with Crippen LogP contribution in [0.1, 0.15) is 11.1 Å². The number of nitrogens with two attached hydrogens (primary N) is 1. The lowest BCUT2D eigenvalue weighted by atomic mass is 10.0. The lowest BCUT2D eigenvalue weighted by Gasteiger charge is -2.06. The van der Waals surface area contributed by atoms with Crippen molar-refractivity contribution in [2.75, 3.05) is 5.73 Å². The molecule has 0 fully saturated rings. The Morgan fingerprint density at radius 1 is 0.870 bits per heavy atom. The number of hydrogen-bond donors (Lipinski definition) is 1. The molecule has 2 aromatic carbocycles. The third-order valence-electron chi connectivity index (χ3n) is 3.83. The molecular weight excluding hydrogens is 286 g/mol. The van der Waals surface area contributed by atoms with E-state index in [4.69, 9.17) is 5.73 Å². The maximum atomic E-state index is 5.85. The van der Waals surface area contributed by atoms with Gasteiger partial charge in [0.25, 0.3) is 0 Å². The fourth-order valence-electron chi connectivity index (χ4n) is 2.64. The summed E-state index contributed by atoms with van der Waals surface area (Å²) >= 11 is 0. The van der Waals surface area contributed by atoms with Gasteiger partial charge in [-0.15, -0.1) is 0 Å². The maximum Gasteiger partial charge on any atom is 0.168 e. The van der Waals surface area contributed by atoms with Crippen LogP contribution in [0, 0.1) is 0 Å². The number of aromatic nitrogens is 4. The summed E-state index contributed by atoms with van der Waals surface area (Å²) in [4.78, 5) is 8.27. The van der Waals surface area contributed by atoms with Gasteiger partial charge in [-0.25, -0.2) is 14.6 Å². The summed E-state index contributed by atoms with van der Waals surface area (Å²) in [5.74, 6) is 0.446. The molecule has 0 atom stereocenters. The Balaban J connectivity index is 1.66. The SMILES string of the molecule is Nc1ncnc2c1cnn2-c1ccc(Cc2ccccc2)cc1. The molecule has 2 heterocycles. The van der Waals surface area contributed by atoms with Crippen molar-refractivity contribution in [3.05, 3.63) is 78.2 Å². The number of nitrogens with zero attached hydrogens (tertiary/aromatic N) is 4. The molecule has 0 bridgehead atoms. The van der Waals surface area contributed by atoms with Crippen LogP contribution in [0.2, 0.25) is 0 Å². The number of anilines is 1. The fourth-order valence-corrected chi connectivity index (χ4v) is 2.64. The van der Waals surface area contributed by atoms with E-state index in [1.54, 1.807) is 10.9 Å². The van der Waals surface area contributed by atoms with Gasteiger partial charge in [0.05, 0.1) is 17.3 Å². The molecule has 0 spiro atoms. The predicted octanol–water partition coefficient (Wildman–Crippen LogP) is 2.99. The number of nitrogen functional groups attached to an aromatic ring is 1. The Kier molecular flexibility index (Phi) is 3.24. The Morgan fingerprint density at radius 2 is 1.61 bits per heavy atom. The van der Waals surface area contributed by atoms with Crippen molar-refractivity contribution >= 4 is 16.9 Å². The van der Waals surface area contributed by atoms with E-state index < -0.39 is 0 Å². The van der Waals surface area contributed by atoms with Gasteiger partial charge in [-0.2, -0.15) is 5.10 Å². The molecule has 112 valence electrons. The lowest BCUT2D eigenvalue weighted by molar-refractivity contribution is 0.894. The minimum atomic E-state index is 0.446. The van der Waals surface area contributed by atoms with Gasteiger partial charge in [0.2, 0.25) is 0 Å². The first kappa shape index (κ1) is 13.5. The second kappa shape index (κ2) is 5.53. The summed E-state index contributed by atoms with van der Waals surface area (Å²) in [5, 5.41) is 5.14. The minimum absolute atomic E-state index is 0.446. The first-order valence-electron chi connectivity index (χ1n) is 7.39. The topological polar surface area (TPSA) is 69.6 Å². The normalized spacial score (nSPS) is 11.0. The molecule has 2 aromatic heterocycles. The number of fused-ring (bicyclic) bond motifs is 1. The van der Waals surface area contributed by atoms with Crippen molar-refractivity contribution in [1.82, 2.24) is 19.7 Å². The van der Waals surface area contributed by atoms with E-state index in [-0.39, 0.29) is 0 Å². The number of hydrogen-bond acceptors (Lipinski definition) is 4. The van der Waals surface area contributed by atoms with Crippen LogP contribution in [0.5, 0.6) is 0 Å². The summed E-state index contributed by atoms with van der Waals surface area (Å²) in [6.07, 6.45) is 4.07. The molecule has 5 heteroatoms. The second-order valence-corrected chi connectivity index (χ2v) is 5.38. The summed E-state index contributed by atoms with van der Waals surface area (Å²) < 4.78 is 1.78. The monoisotopic (exact) mass is 301 g/mol. The molecule has 0 saturated carbocycles. The highest BCUT2D eigenvalue weighted by molar-refractivity contribution is 5.85. The van der Waals surface area contributed by atoms with Crippen molar-refractivity contribution in [3.63, 3.8) is 0 Å². The summed E-state index contributed by atoms with van der Waals surface area (Å²) in [6, 6.07) is 18.7. The van der Waals surface area contributed by atoms with E-state index in [1.807, 2.05) is 18.2 Å². The van der Waals surface area contributed by atoms with Gasteiger partial charge in [-0.3, -0.25) is 0 Å². The van der Waals surface area contributed by atoms with Crippen molar-refractivity contribution in [1.29, 1.82) is 0 Å². The largest absolute Gasteiger partial charge is 0.383 e. The minimum Gasteiger partial charge on any atom is -0.383 e. The van der Waals surface area contributed by atoms with Crippen molar-refractivity contribution in [2.24, 2.45) is 0 Å². The molecule has 4 aromatic rings. The fraction of sp³-hybridized carbons (Fsp3) is 0.0556. The molecule has 0 unspecified atom stereocenters. The second-order valence-electron chi connectivity index (χ2n) is 5.38. The molecule has 0 aliphatic rings. The predicted molar refractivity (Wildman–Crippen MR) is 90.3 cm³/mol. The lowest BCUT2D eigenvalue weighted by Crippen LogP contribution is -1.99. The Morgan fingerprint density at radius 3 is 2.39 bits per heavy atom. The van der Waals surface area contributed by atoms with Gasteiger partial charge < -0.3 is 5.73 Å². The molecule has 23 heavy (non-hydrogen) atoms. The summed E-state index contributed by atoms with van der Waals surface area (Å²) in [6.45, 7) is 0. The van der Waals surface area contributed by atoms with Crippen LogP contribution in [0.4, 0.5) is 5.82 Å². The average molecular weight is 301 g/mol. The molecule has 5 nitrogen and oxygen atoms in total. The van der Waals surface area contributed by atoms with Gasteiger partial charge >= 0.3 is 0 Å². The van der Waals surface area contributed by atoms with Crippen LogP contribution >= 0.6 is 0 Å². The van der Waals surface area contributed by atoms with E-state index in [0.717, 1.165) is 17.5 Å². The Bertz CT molecular complexity index is 942. The van der Waals surface area contributed by atoms with Gasteiger partial charge in [-0.05, 0) is 29.7 Å². The van der Waals surface area contributed by atoms with Crippen LogP contribution in [-0.2, 0) is 6.42 Å². The maximum absolute atomic E-state index is 5.85. The Hall–Kier alpha value is -3.21. The van der Waals surface area contributed by atoms with E-state index in [9.17, 15) is 0 Å². The quantitative estimate of drug-likeness (QED) is 0.631. The smallest absolute Gasteiger partial charge is 0.168 e. The van der Waals surface area contributed by atoms with Gasteiger partial charge in [-0.1, -0.05) is 42.5 Å². The van der Waals surface area contributed by atoms with Crippen LogP contribution < -0.4 is 5.73 Å². The molecule has 0 saturated heterocycles. The zero-order valence-electron chi connectivity index (χ0n) is 12.4. The third-order valence-corrected chi connectivity index (χ3v) is 3.83. The van der Waals surface area contributed by atoms with Gasteiger partial charge in [0.15, 0.2) is 5.65 Å². The average Bonchev–Trinajstić information content (AvgIpc) is 3.02. The van der Waals surface area contributed by atoms with Crippen molar-refractivity contribution in [2.45, 2.75) is 6.42 Å². The molecule has 2 N–H and O–H groups in total. The van der Waals surface area contributed by atoms with Crippen LogP contribution in [0.25, 0.3) is 16.7 Å². The van der Waals surface area contributed by atoms with Crippen molar-refractivity contribution < 1.29 is 0 Å². The van der Waals surface area contributed by atoms with Crippen LogP contribution in [0.3, 0.4) is 0 Å². The highest BCUT2D eigenvalue weighted by atomic mass is 15.3. The Labute approximate surface area is 133 Å². The third kappa shape index (κ3) is 2.53. The molecule has 0 aliphatic heterocycles. The summed E-state index contributed by atoms with van der Waals surface area (Å²) in [7, 11) is 0. The molecule has 0 amide bonds. The molecule has 4 rings (SSSR count). The van der Waals surface area contributed by atoms with Gasteiger partial charge in [0.1, 0.15) is 12.1 Å². The van der Waals surface area contributed by atoms with Crippen molar-refractivity contribution in [3.8, 4) is 5.69 Å². The standard InChI is InChI=1S/C18H15N5/c19-17-16-11-22-23(18(16)21-12-20-17)15-8-6-14(7-9-15)10-13-4-2-1-3-5-13/h1-9,11-12H,10H2,(H2,19,20,21). The first-order chi connectivity index (χ1) is 11.3. The number of benzene rings is 2. The highest BCUT2D eigenvalue weighted by Crippen LogP contribution is 2.20. The van der Waals surface area contributed by atoms with E-state index >= 15 is 0 Å². The zero-order chi connectivity index (χ0) is 15.6. The molecular formula is C18H15N5. The van der Waals surface area contributed by atoms with Gasteiger partial charge in [0, 0.05) is 0 Å². The van der Waals surface area contributed by atoms with Crippen LogP contribution in [0.15, 0.2) is 67.1 Å². The van der Waals surface area contributed by atoms with E-state index in [2.05, 4.69) is 51.5 Å². The first-order valence-corrected chi connectivity index (χ1v) is 7.39. The summed E-state index contributed by atoms with van der Waals surface area (Å²) in [5.41, 5.74) is 10.1. The van der Waals surface area contributed by atoms with E-state index in [1.165, 1.54) is 17.5 Å². The molecule has 0 radical (unpaired) electrons. The highest BCUT2D eigenvalue weighted by Gasteiger charge is 2.09. The molecule has 0 aliphatic carbocycles. The number of rotatable bonds is 3.